The number of hydrogen-bond donors (Lipinski definition) is 1. The summed E-state index contributed by atoms with van der Waals surface area (Å²) in [4.78, 5) is 27.7. The zero-order chi connectivity index (χ0) is 21.1. The van der Waals surface area contributed by atoms with Crippen LogP contribution in [-0.2, 0) is 16.1 Å². The molecule has 1 aromatic carbocycles. The highest BCUT2D eigenvalue weighted by Crippen LogP contribution is 2.40. The van der Waals surface area contributed by atoms with E-state index in [4.69, 9.17) is 5.73 Å². The van der Waals surface area contributed by atoms with E-state index >= 15 is 0 Å². The number of hydrogen-bond acceptors (Lipinski definition) is 6. The van der Waals surface area contributed by atoms with Crippen molar-refractivity contribution in [3.8, 4) is 0 Å². The van der Waals surface area contributed by atoms with Gasteiger partial charge in [-0.3, -0.25) is 9.59 Å². The average Bonchev–Trinajstić information content (AvgIpc) is 3.51. The van der Waals surface area contributed by atoms with E-state index in [0.29, 0.717) is 49.5 Å². The van der Waals surface area contributed by atoms with Gasteiger partial charge in [0.2, 0.25) is 11.8 Å². The van der Waals surface area contributed by atoms with Crippen LogP contribution in [0.2, 0.25) is 0 Å². The van der Waals surface area contributed by atoms with Crippen LogP contribution >= 0.6 is 11.8 Å². The van der Waals surface area contributed by atoms with Gasteiger partial charge in [-0.2, -0.15) is 0 Å². The van der Waals surface area contributed by atoms with Gasteiger partial charge in [0.15, 0.2) is 5.16 Å². The number of nitrogens with two attached hydrogens (primary N) is 1. The Balaban J connectivity index is 1.32. The zero-order valence-corrected chi connectivity index (χ0v) is 17.5. The Labute approximate surface area is 178 Å². The largest absolute Gasteiger partial charge is 0.370 e. The molecular weight excluding hydrogens is 407 g/mol. The second-order valence-corrected chi connectivity index (χ2v) is 8.53. The average molecular weight is 433 g/mol. The summed E-state index contributed by atoms with van der Waals surface area (Å²) >= 11 is 1.34. The summed E-state index contributed by atoms with van der Waals surface area (Å²) in [5.41, 5.74) is 5.87. The quantitative estimate of drug-likeness (QED) is 0.637. The molecule has 1 saturated heterocycles. The maximum Gasteiger partial charge on any atom is 0.233 e. The number of piperazine rings is 1. The summed E-state index contributed by atoms with van der Waals surface area (Å²) in [5.74, 6) is 0.927. The molecule has 30 heavy (non-hydrogen) atoms. The van der Waals surface area contributed by atoms with Crippen molar-refractivity contribution in [1.29, 1.82) is 0 Å². The highest BCUT2D eigenvalue weighted by Gasteiger charge is 2.31. The number of carbonyl (C=O) groups excluding carboxylic acids is 2. The van der Waals surface area contributed by atoms with Gasteiger partial charge >= 0.3 is 0 Å². The molecule has 0 bridgehead atoms. The normalized spacial score (nSPS) is 16.7. The zero-order valence-electron chi connectivity index (χ0n) is 16.7. The van der Waals surface area contributed by atoms with Crippen molar-refractivity contribution < 1.29 is 14.0 Å². The van der Waals surface area contributed by atoms with Gasteiger partial charge in [-0.05, 0) is 25.0 Å². The fraction of sp³-hybridized carbons (Fsp3) is 0.500. The second kappa shape index (κ2) is 9.03. The van der Waals surface area contributed by atoms with Crippen molar-refractivity contribution in [1.82, 2.24) is 19.7 Å². The third-order valence-electron chi connectivity index (χ3n) is 5.42. The van der Waals surface area contributed by atoms with E-state index < -0.39 is 0 Å². The molecule has 1 saturated carbocycles. The molecule has 1 aromatic heterocycles. The van der Waals surface area contributed by atoms with Crippen molar-refractivity contribution >= 4 is 29.3 Å². The van der Waals surface area contributed by atoms with Crippen molar-refractivity contribution in [2.24, 2.45) is 5.73 Å². The maximum absolute atomic E-state index is 14.0. The molecule has 2 aromatic rings. The number of rotatable bonds is 8. The van der Waals surface area contributed by atoms with Gasteiger partial charge in [0.25, 0.3) is 0 Å². The fourth-order valence-electron chi connectivity index (χ4n) is 3.61. The first-order chi connectivity index (χ1) is 14.5. The van der Waals surface area contributed by atoms with Gasteiger partial charge in [0.1, 0.15) is 11.6 Å². The molecule has 4 rings (SSSR count). The minimum absolute atomic E-state index is 0.0191. The Morgan fingerprint density at radius 1 is 1.13 bits per heavy atom. The van der Waals surface area contributed by atoms with Gasteiger partial charge in [0, 0.05) is 45.1 Å². The third-order valence-corrected chi connectivity index (χ3v) is 6.37. The summed E-state index contributed by atoms with van der Waals surface area (Å²) in [5, 5.41) is 9.16. The van der Waals surface area contributed by atoms with E-state index in [-0.39, 0.29) is 29.8 Å². The molecular formula is C20H25FN6O2S. The van der Waals surface area contributed by atoms with Crippen LogP contribution in [0.4, 0.5) is 10.1 Å². The Bertz CT molecular complexity index is 924. The molecule has 2 fully saturated rings. The van der Waals surface area contributed by atoms with Crippen LogP contribution in [0.15, 0.2) is 29.4 Å². The number of carbonyl (C=O) groups is 2. The van der Waals surface area contributed by atoms with E-state index in [1.54, 1.807) is 17.0 Å². The SMILES string of the molecule is NC(=O)CCn1c(SCC(=O)N2CCN(c3ccccc3F)CC2)nnc1C1CC1. The molecule has 2 aliphatic rings. The summed E-state index contributed by atoms with van der Waals surface area (Å²) in [7, 11) is 0. The Morgan fingerprint density at radius 2 is 1.87 bits per heavy atom. The number of amides is 2. The molecule has 1 aliphatic carbocycles. The Morgan fingerprint density at radius 3 is 2.53 bits per heavy atom. The van der Waals surface area contributed by atoms with Crippen LogP contribution in [-0.4, -0.2) is 63.4 Å². The van der Waals surface area contributed by atoms with Crippen molar-refractivity contribution in [3.63, 3.8) is 0 Å². The van der Waals surface area contributed by atoms with Crippen LogP contribution in [0.1, 0.15) is 31.0 Å². The first-order valence-electron chi connectivity index (χ1n) is 10.1. The number of benzene rings is 1. The molecule has 0 spiro atoms. The highest BCUT2D eigenvalue weighted by molar-refractivity contribution is 7.99. The monoisotopic (exact) mass is 432 g/mol. The lowest BCUT2D eigenvalue weighted by Gasteiger charge is -2.36. The molecule has 0 radical (unpaired) electrons. The molecule has 2 N–H and O–H groups in total. The molecule has 0 atom stereocenters. The minimum atomic E-state index is -0.370. The highest BCUT2D eigenvalue weighted by atomic mass is 32.2. The Kier molecular flexibility index (Phi) is 6.21. The Hall–Kier alpha value is -2.62. The van der Waals surface area contributed by atoms with Gasteiger partial charge in [-0.25, -0.2) is 4.39 Å². The maximum atomic E-state index is 14.0. The van der Waals surface area contributed by atoms with Gasteiger partial charge < -0.3 is 20.1 Å². The summed E-state index contributed by atoms with van der Waals surface area (Å²) < 4.78 is 15.9. The summed E-state index contributed by atoms with van der Waals surface area (Å²) in [6.45, 7) is 2.73. The second-order valence-electron chi connectivity index (χ2n) is 7.59. The van der Waals surface area contributed by atoms with Gasteiger partial charge in [-0.1, -0.05) is 23.9 Å². The van der Waals surface area contributed by atoms with E-state index in [9.17, 15) is 14.0 Å². The smallest absolute Gasteiger partial charge is 0.233 e. The van der Waals surface area contributed by atoms with Crippen LogP contribution < -0.4 is 10.6 Å². The molecule has 8 nitrogen and oxygen atoms in total. The molecule has 160 valence electrons. The van der Waals surface area contributed by atoms with E-state index in [1.807, 2.05) is 15.5 Å². The summed E-state index contributed by atoms with van der Waals surface area (Å²) in [6.07, 6.45) is 2.37. The van der Waals surface area contributed by atoms with Crippen LogP contribution in [0.25, 0.3) is 0 Å². The predicted octanol–water partition coefficient (Wildman–Crippen LogP) is 1.61. The predicted molar refractivity (Wildman–Crippen MR) is 112 cm³/mol. The number of thioether (sulfide) groups is 1. The number of anilines is 1. The van der Waals surface area contributed by atoms with Crippen molar-refractivity contribution in [2.75, 3.05) is 36.8 Å². The van der Waals surface area contributed by atoms with E-state index in [0.717, 1.165) is 18.7 Å². The van der Waals surface area contributed by atoms with Crippen molar-refractivity contribution in [2.45, 2.75) is 36.9 Å². The first-order valence-corrected chi connectivity index (χ1v) is 11.1. The number of aromatic nitrogens is 3. The number of nitrogens with zero attached hydrogens (tertiary/aromatic N) is 5. The molecule has 2 amide bonds. The minimum Gasteiger partial charge on any atom is -0.370 e. The van der Waals surface area contributed by atoms with Gasteiger partial charge in [0.05, 0.1) is 11.4 Å². The fourth-order valence-corrected chi connectivity index (χ4v) is 4.48. The molecule has 1 aliphatic heterocycles. The number of primary amides is 1. The lowest BCUT2D eigenvalue weighted by atomic mass is 10.2. The van der Waals surface area contributed by atoms with Crippen molar-refractivity contribution in [3.05, 3.63) is 35.9 Å². The van der Waals surface area contributed by atoms with Crippen LogP contribution in [0, 0.1) is 5.82 Å². The topological polar surface area (TPSA) is 97.3 Å². The third kappa shape index (κ3) is 4.75. The lowest BCUT2D eigenvalue weighted by Crippen LogP contribution is -2.49. The molecule has 0 unspecified atom stereocenters. The van der Waals surface area contributed by atoms with E-state index in [2.05, 4.69) is 10.2 Å². The summed E-state index contributed by atoms with van der Waals surface area (Å²) in [6, 6.07) is 6.70. The standard InChI is InChI=1S/C20H25FN6O2S/c21-15-3-1-2-4-16(15)25-9-11-26(12-10-25)18(29)13-30-20-24-23-19(14-5-6-14)27(20)8-7-17(22)28/h1-4,14H,5-13H2,(H2,22,28). The number of para-hydroxylation sites is 1. The van der Waals surface area contributed by atoms with Crippen LogP contribution in [0.5, 0.6) is 0 Å². The van der Waals surface area contributed by atoms with E-state index in [1.165, 1.54) is 17.8 Å². The molecule has 10 heteroatoms. The first kappa shape index (κ1) is 20.6. The molecule has 2 heterocycles. The number of halogens is 1. The van der Waals surface area contributed by atoms with Gasteiger partial charge in [-0.15, -0.1) is 10.2 Å². The lowest BCUT2D eigenvalue weighted by molar-refractivity contribution is -0.128. The van der Waals surface area contributed by atoms with Crippen LogP contribution in [0.3, 0.4) is 0 Å².